The van der Waals surface area contributed by atoms with Gasteiger partial charge in [0.25, 0.3) is 0 Å². The molecule has 0 unspecified atom stereocenters. The summed E-state index contributed by atoms with van der Waals surface area (Å²) in [5.41, 5.74) is -0.142. The van der Waals surface area contributed by atoms with E-state index in [0.29, 0.717) is 22.2 Å². The van der Waals surface area contributed by atoms with Crippen LogP contribution in [0.25, 0.3) is 0 Å². The van der Waals surface area contributed by atoms with Crippen molar-refractivity contribution < 1.29 is 14.2 Å². The Bertz CT molecular complexity index is 388. The van der Waals surface area contributed by atoms with E-state index in [1.807, 2.05) is 0 Å². The van der Waals surface area contributed by atoms with Gasteiger partial charge in [-0.15, -0.1) is 0 Å². The van der Waals surface area contributed by atoms with Crippen LogP contribution in [-0.4, -0.2) is 17.8 Å². The normalized spacial score (nSPS) is 17.6. The smallest absolute Gasteiger partial charge is 0.144 e. The molecule has 2 nitrogen and oxygen atoms in total. The maximum atomic E-state index is 13.8. The molecule has 1 fully saturated rings. The van der Waals surface area contributed by atoms with Crippen molar-refractivity contribution in [1.82, 2.24) is 0 Å². The second-order valence-corrected chi connectivity index (χ2v) is 4.75. The van der Waals surface area contributed by atoms with Crippen LogP contribution in [-0.2, 0) is 6.42 Å². The molecular formula is C11H12BrFO2. The predicted molar refractivity (Wildman–Crippen MR) is 58.5 cm³/mol. The van der Waals surface area contributed by atoms with Crippen molar-refractivity contribution in [2.75, 3.05) is 7.11 Å². The predicted octanol–water partition coefficient (Wildman–Crippen LogP) is 2.66. The summed E-state index contributed by atoms with van der Waals surface area (Å²) in [5.74, 6) is 0.133. The second kappa shape index (κ2) is 3.76. The Morgan fingerprint density at radius 3 is 2.73 bits per heavy atom. The summed E-state index contributed by atoms with van der Waals surface area (Å²) in [6.45, 7) is 0. The fraction of sp³-hybridized carbons (Fsp3) is 0.455. The highest BCUT2D eigenvalue weighted by molar-refractivity contribution is 9.10. The van der Waals surface area contributed by atoms with E-state index in [1.165, 1.54) is 7.11 Å². The van der Waals surface area contributed by atoms with Gasteiger partial charge in [0, 0.05) is 6.42 Å². The maximum absolute atomic E-state index is 13.8. The van der Waals surface area contributed by atoms with Crippen molar-refractivity contribution in [3.05, 3.63) is 28.0 Å². The number of hydrogen-bond donors (Lipinski definition) is 1. The van der Waals surface area contributed by atoms with Crippen LogP contribution < -0.4 is 4.74 Å². The molecule has 82 valence electrons. The molecule has 0 aliphatic heterocycles. The minimum atomic E-state index is -0.672. The molecular weight excluding hydrogens is 263 g/mol. The molecule has 1 aliphatic carbocycles. The lowest BCUT2D eigenvalue weighted by Gasteiger charge is -2.11. The molecule has 1 aromatic rings. The molecule has 0 radical (unpaired) electrons. The molecule has 0 amide bonds. The summed E-state index contributed by atoms with van der Waals surface area (Å²) in [5, 5.41) is 9.71. The highest BCUT2D eigenvalue weighted by Crippen LogP contribution is 2.40. The molecule has 0 spiro atoms. The summed E-state index contributed by atoms with van der Waals surface area (Å²) in [6.07, 6.45) is 1.90. The molecule has 1 N–H and O–H groups in total. The Labute approximate surface area is 96.2 Å². The fourth-order valence-electron chi connectivity index (χ4n) is 1.54. The van der Waals surface area contributed by atoms with Crippen LogP contribution in [0.1, 0.15) is 18.4 Å². The molecule has 15 heavy (non-hydrogen) atoms. The third-order valence-electron chi connectivity index (χ3n) is 2.69. The van der Waals surface area contributed by atoms with Gasteiger partial charge in [-0.05, 0) is 40.4 Å². The van der Waals surface area contributed by atoms with Crippen molar-refractivity contribution >= 4 is 15.9 Å². The molecule has 0 atom stereocenters. The van der Waals surface area contributed by atoms with Crippen LogP contribution in [0.2, 0.25) is 0 Å². The van der Waals surface area contributed by atoms with E-state index in [1.54, 1.807) is 12.1 Å². The number of halogens is 2. The molecule has 1 saturated carbocycles. The van der Waals surface area contributed by atoms with Gasteiger partial charge in [-0.1, -0.05) is 6.07 Å². The van der Waals surface area contributed by atoms with Crippen molar-refractivity contribution in [3.8, 4) is 5.75 Å². The van der Waals surface area contributed by atoms with E-state index in [2.05, 4.69) is 15.9 Å². The number of methoxy groups -OCH3 is 1. The maximum Gasteiger partial charge on any atom is 0.144 e. The minimum absolute atomic E-state index is 0.326. The largest absolute Gasteiger partial charge is 0.495 e. The zero-order valence-corrected chi connectivity index (χ0v) is 9.97. The van der Waals surface area contributed by atoms with Gasteiger partial charge >= 0.3 is 0 Å². The average molecular weight is 275 g/mol. The summed E-state index contributed by atoms with van der Waals surface area (Å²) < 4.78 is 19.1. The molecule has 2 rings (SSSR count). The Morgan fingerprint density at radius 1 is 1.53 bits per heavy atom. The first-order valence-corrected chi connectivity index (χ1v) is 5.58. The first-order valence-electron chi connectivity index (χ1n) is 4.79. The summed E-state index contributed by atoms with van der Waals surface area (Å²) in [4.78, 5) is 0. The van der Waals surface area contributed by atoms with Gasteiger partial charge in [0.05, 0.1) is 17.2 Å². The van der Waals surface area contributed by atoms with Gasteiger partial charge in [0.15, 0.2) is 0 Å². The quantitative estimate of drug-likeness (QED) is 0.919. The number of aliphatic hydroxyl groups is 1. The van der Waals surface area contributed by atoms with E-state index >= 15 is 0 Å². The molecule has 0 heterocycles. The number of benzene rings is 1. The van der Waals surface area contributed by atoms with Crippen LogP contribution in [0.15, 0.2) is 16.6 Å². The SMILES string of the molecule is COc1ccc(CC2(O)CC2)c(F)c1Br. The monoisotopic (exact) mass is 274 g/mol. The lowest BCUT2D eigenvalue weighted by atomic mass is 10.1. The molecule has 1 aliphatic rings. The van der Waals surface area contributed by atoms with Gasteiger partial charge < -0.3 is 9.84 Å². The standard InChI is InChI=1S/C11H12BrFO2/c1-15-8-3-2-7(10(13)9(8)12)6-11(14)4-5-11/h2-3,14H,4-6H2,1H3. The molecule has 1 aromatic carbocycles. The summed E-state index contributed by atoms with van der Waals surface area (Å²) in [6, 6.07) is 3.36. The Morgan fingerprint density at radius 2 is 2.20 bits per heavy atom. The summed E-state index contributed by atoms with van der Waals surface area (Å²) >= 11 is 3.14. The lowest BCUT2D eigenvalue weighted by Crippen LogP contribution is -2.12. The second-order valence-electron chi connectivity index (χ2n) is 3.96. The molecule has 0 aromatic heterocycles. The van der Waals surface area contributed by atoms with Crippen LogP contribution in [0.5, 0.6) is 5.75 Å². The minimum Gasteiger partial charge on any atom is -0.495 e. The number of ether oxygens (including phenoxy) is 1. The Balaban J connectivity index is 2.29. The first-order chi connectivity index (χ1) is 7.06. The van der Waals surface area contributed by atoms with Gasteiger partial charge in [-0.25, -0.2) is 4.39 Å². The van der Waals surface area contributed by atoms with Crippen molar-refractivity contribution in [2.45, 2.75) is 24.9 Å². The number of hydrogen-bond acceptors (Lipinski definition) is 2. The zero-order chi connectivity index (χ0) is 11.1. The lowest BCUT2D eigenvalue weighted by molar-refractivity contribution is 0.149. The molecule has 0 saturated heterocycles. The van der Waals surface area contributed by atoms with Crippen LogP contribution in [0.4, 0.5) is 4.39 Å². The Hall–Kier alpha value is -0.610. The van der Waals surface area contributed by atoms with E-state index in [-0.39, 0.29) is 5.82 Å². The van der Waals surface area contributed by atoms with E-state index in [4.69, 9.17) is 4.74 Å². The van der Waals surface area contributed by atoms with Gasteiger partial charge in [0.1, 0.15) is 11.6 Å². The third kappa shape index (κ3) is 2.16. The van der Waals surface area contributed by atoms with E-state index < -0.39 is 5.60 Å². The van der Waals surface area contributed by atoms with E-state index in [9.17, 15) is 9.50 Å². The van der Waals surface area contributed by atoms with Gasteiger partial charge in [-0.2, -0.15) is 0 Å². The highest BCUT2D eigenvalue weighted by Gasteiger charge is 2.40. The molecule has 4 heteroatoms. The van der Waals surface area contributed by atoms with Crippen LogP contribution in [0, 0.1) is 5.82 Å². The van der Waals surface area contributed by atoms with Crippen molar-refractivity contribution in [3.63, 3.8) is 0 Å². The van der Waals surface area contributed by atoms with Crippen LogP contribution >= 0.6 is 15.9 Å². The van der Waals surface area contributed by atoms with Crippen molar-refractivity contribution in [1.29, 1.82) is 0 Å². The fourth-order valence-corrected chi connectivity index (χ4v) is 2.09. The highest BCUT2D eigenvalue weighted by atomic mass is 79.9. The Kier molecular flexibility index (Phi) is 2.73. The summed E-state index contributed by atoms with van der Waals surface area (Å²) in [7, 11) is 1.49. The van der Waals surface area contributed by atoms with Crippen molar-refractivity contribution in [2.24, 2.45) is 0 Å². The topological polar surface area (TPSA) is 29.5 Å². The molecule has 0 bridgehead atoms. The van der Waals surface area contributed by atoms with E-state index in [0.717, 1.165) is 12.8 Å². The van der Waals surface area contributed by atoms with Gasteiger partial charge in [0.2, 0.25) is 0 Å². The first kappa shape index (κ1) is 10.9. The average Bonchev–Trinajstić information content (AvgIpc) is 2.92. The number of rotatable bonds is 3. The third-order valence-corrected chi connectivity index (χ3v) is 3.43. The zero-order valence-electron chi connectivity index (χ0n) is 8.39. The van der Waals surface area contributed by atoms with Gasteiger partial charge in [-0.3, -0.25) is 0 Å². The van der Waals surface area contributed by atoms with Crippen LogP contribution in [0.3, 0.4) is 0 Å².